The number of carbonyl (C=O) groups is 1. The molecule has 2 heterocycles. The Balaban J connectivity index is 1.37. The minimum Gasteiger partial charge on any atom is -0.476 e. The first-order valence-corrected chi connectivity index (χ1v) is 11.4. The van der Waals surface area contributed by atoms with Crippen LogP contribution in [0.15, 0.2) is 60.7 Å². The summed E-state index contributed by atoms with van der Waals surface area (Å²) in [7, 11) is 0. The van der Waals surface area contributed by atoms with Gasteiger partial charge in [-0.2, -0.15) is 4.98 Å². The van der Waals surface area contributed by atoms with Gasteiger partial charge in [-0.05, 0) is 61.7 Å². The van der Waals surface area contributed by atoms with Gasteiger partial charge in [0.05, 0.1) is 17.8 Å². The second kappa shape index (κ2) is 9.27. The van der Waals surface area contributed by atoms with Crippen molar-refractivity contribution in [2.24, 2.45) is 0 Å². The Morgan fingerprint density at radius 2 is 1.77 bits per heavy atom. The molecule has 0 bridgehead atoms. The monoisotopic (exact) mass is 473 g/mol. The molecule has 0 spiro atoms. The maximum Gasteiger partial charge on any atom is 0.256 e. The summed E-state index contributed by atoms with van der Waals surface area (Å²) < 4.78 is 18.9. The summed E-state index contributed by atoms with van der Waals surface area (Å²) in [5.74, 6) is 0.0867. The zero-order valence-corrected chi connectivity index (χ0v) is 19.1. The number of amides is 1. The van der Waals surface area contributed by atoms with Crippen LogP contribution in [0.5, 0.6) is 5.88 Å². The summed E-state index contributed by atoms with van der Waals surface area (Å²) in [6, 6.07) is 17.2. The number of hydrogen-bond donors (Lipinski definition) is 3. The lowest BCUT2D eigenvalue weighted by Crippen LogP contribution is -2.29. The third-order valence-electron chi connectivity index (χ3n) is 5.74. The van der Waals surface area contributed by atoms with Gasteiger partial charge in [0.2, 0.25) is 11.8 Å². The molecular weight excluding hydrogens is 449 g/mol. The minimum absolute atomic E-state index is 0.285. The molecule has 0 saturated heterocycles. The SMILES string of the molecule is CCOc1nc(NCc2ccc(F)cc2)nc2ccc(-c3ccc(NC(=O)C4(O)CC4)cc3)nc12. The number of ether oxygens (including phenoxy) is 1. The van der Waals surface area contributed by atoms with Crippen LogP contribution in [0.1, 0.15) is 25.3 Å². The molecule has 9 heteroatoms. The van der Waals surface area contributed by atoms with E-state index in [2.05, 4.69) is 20.6 Å². The Bertz CT molecular complexity index is 1370. The van der Waals surface area contributed by atoms with Crippen molar-refractivity contribution in [1.29, 1.82) is 0 Å². The van der Waals surface area contributed by atoms with Crippen molar-refractivity contribution in [1.82, 2.24) is 15.0 Å². The maximum atomic E-state index is 13.1. The van der Waals surface area contributed by atoms with Crippen molar-refractivity contribution in [3.63, 3.8) is 0 Å². The summed E-state index contributed by atoms with van der Waals surface area (Å²) in [6.45, 7) is 2.72. The Morgan fingerprint density at radius 3 is 2.46 bits per heavy atom. The van der Waals surface area contributed by atoms with Crippen molar-refractivity contribution in [3.05, 3.63) is 72.0 Å². The van der Waals surface area contributed by atoms with E-state index in [1.54, 1.807) is 24.3 Å². The molecule has 35 heavy (non-hydrogen) atoms. The highest BCUT2D eigenvalue weighted by Crippen LogP contribution is 2.36. The molecule has 2 aromatic heterocycles. The van der Waals surface area contributed by atoms with Crippen LogP contribution in [0.4, 0.5) is 16.0 Å². The van der Waals surface area contributed by atoms with Crippen LogP contribution in [0, 0.1) is 5.82 Å². The molecule has 1 aliphatic rings. The molecule has 0 radical (unpaired) electrons. The largest absolute Gasteiger partial charge is 0.476 e. The van der Waals surface area contributed by atoms with Crippen molar-refractivity contribution >= 4 is 28.6 Å². The maximum absolute atomic E-state index is 13.1. The molecule has 178 valence electrons. The van der Waals surface area contributed by atoms with E-state index in [1.807, 2.05) is 31.2 Å². The average molecular weight is 474 g/mol. The van der Waals surface area contributed by atoms with Gasteiger partial charge in [-0.25, -0.2) is 14.4 Å². The molecule has 0 unspecified atom stereocenters. The molecule has 1 aliphatic carbocycles. The van der Waals surface area contributed by atoms with Crippen LogP contribution in [-0.4, -0.2) is 38.2 Å². The number of nitrogens with zero attached hydrogens (tertiary/aromatic N) is 3. The Hall–Kier alpha value is -4.11. The van der Waals surface area contributed by atoms with Crippen LogP contribution in [0.25, 0.3) is 22.3 Å². The predicted molar refractivity (Wildman–Crippen MR) is 130 cm³/mol. The average Bonchev–Trinajstić information content (AvgIpc) is 3.63. The predicted octanol–water partition coefficient (Wildman–Crippen LogP) is 4.31. The fourth-order valence-corrected chi connectivity index (χ4v) is 3.57. The number of carbonyl (C=O) groups excluding carboxylic acids is 1. The number of nitrogens with one attached hydrogen (secondary N) is 2. The third-order valence-corrected chi connectivity index (χ3v) is 5.74. The Kier molecular flexibility index (Phi) is 6.00. The van der Waals surface area contributed by atoms with Gasteiger partial charge < -0.3 is 20.5 Å². The van der Waals surface area contributed by atoms with E-state index < -0.39 is 5.60 Å². The first kappa shape index (κ1) is 22.7. The Labute approximate surface area is 201 Å². The van der Waals surface area contributed by atoms with Gasteiger partial charge in [-0.1, -0.05) is 24.3 Å². The molecule has 8 nitrogen and oxygen atoms in total. The van der Waals surface area contributed by atoms with Crippen LogP contribution in [-0.2, 0) is 11.3 Å². The molecule has 1 fully saturated rings. The number of aromatic nitrogens is 3. The quantitative estimate of drug-likeness (QED) is 0.350. The fourth-order valence-electron chi connectivity index (χ4n) is 3.57. The smallest absolute Gasteiger partial charge is 0.256 e. The summed E-state index contributed by atoms with van der Waals surface area (Å²) in [4.78, 5) is 25.8. The van der Waals surface area contributed by atoms with Gasteiger partial charge in [0, 0.05) is 17.8 Å². The molecule has 1 saturated carbocycles. The second-order valence-electron chi connectivity index (χ2n) is 8.39. The summed E-state index contributed by atoms with van der Waals surface area (Å²) in [5.41, 5.74) is 2.98. The van der Waals surface area contributed by atoms with E-state index >= 15 is 0 Å². The zero-order valence-electron chi connectivity index (χ0n) is 19.1. The number of rotatable bonds is 8. The van der Waals surface area contributed by atoms with Gasteiger partial charge in [-0.3, -0.25) is 4.79 Å². The Morgan fingerprint density at radius 1 is 1.03 bits per heavy atom. The molecule has 3 N–H and O–H groups in total. The van der Waals surface area contributed by atoms with Crippen molar-refractivity contribution < 1.29 is 19.0 Å². The number of halogens is 1. The molecule has 0 aliphatic heterocycles. The minimum atomic E-state index is -1.22. The molecule has 1 amide bonds. The van der Waals surface area contributed by atoms with Crippen LogP contribution in [0.2, 0.25) is 0 Å². The van der Waals surface area contributed by atoms with Gasteiger partial charge in [0.1, 0.15) is 11.4 Å². The highest BCUT2D eigenvalue weighted by atomic mass is 19.1. The number of benzene rings is 2. The van der Waals surface area contributed by atoms with Gasteiger partial charge >= 0.3 is 0 Å². The van der Waals surface area contributed by atoms with E-state index in [0.717, 1.165) is 11.1 Å². The van der Waals surface area contributed by atoms with Crippen LogP contribution >= 0.6 is 0 Å². The number of hydrogen-bond acceptors (Lipinski definition) is 7. The molecule has 2 aromatic carbocycles. The lowest BCUT2D eigenvalue weighted by Gasteiger charge is -2.12. The van der Waals surface area contributed by atoms with Crippen molar-refractivity contribution in [2.75, 3.05) is 17.2 Å². The summed E-state index contributed by atoms with van der Waals surface area (Å²) in [6.07, 6.45) is 0.983. The normalized spacial score (nSPS) is 13.9. The van der Waals surface area contributed by atoms with E-state index in [-0.39, 0.29) is 11.7 Å². The second-order valence-corrected chi connectivity index (χ2v) is 8.39. The molecule has 0 atom stereocenters. The van der Waals surface area contributed by atoms with Crippen molar-refractivity contribution in [3.8, 4) is 17.1 Å². The standard InChI is InChI=1S/C26H24FN5O3/c1-2-35-23-22-21(31-25(32-23)28-15-16-3-7-18(27)8-4-16)12-11-20(30-22)17-5-9-19(10-6-17)29-24(33)26(34)13-14-26/h3-12,34H,2,13-15H2,1H3,(H,29,33)(H,28,31,32). The first-order valence-electron chi connectivity index (χ1n) is 11.4. The lowest BCUT2D eigenvalue weighted by molar-refractivity contribution is -0.125. The molecular formula is C26H24FN5O3. The van der Waals surface area contributed by atoms with E-state index in [0.29, 0.717) is 60.2 Å². The van der Waals surface area contributed by atoms with Crippen LogP contribution < -0.4 is 15.4 Å². The molecule has 4 aromatic rings. The van der Waals surface area contributed by atoms with Gasteiger partial charge in [-0.15, -0.1) is 0 Å². The van der Waals surface area contributed by atoms with Crippen molar-refractivity contribution in [2.45, 2.75) is 31.9 Å². The number of aliphatic hydroxyl groups is 1. The topological polar surface area (TPSA) is 109 Å². The molecule has 5 rings (SSSR count). The fraction of sp³-hybridized carbons (Fsp3) is 0.231. The van der Waals surface area contributed by atoms with Gasteiger partial charge in [0.25, 0.3) is 5.91 Å². The lowest BCUT2D eigenvalue weighted by atomic mass is 10.1. The van der Waals surface area contributed by atoms with E-state index in [1.165, 1.54) is 12.1 Å². The zero-order chi connectivity index (χ0) is 24.4. The van der Waals surface area contributed by atoms with Crippen LogP contribution in [0.3, 0.4) is 0 Å². The van der Waals surface area contributed by atoms with E-state index in [4.69, 9.17) is 9.72 Å². The highest BCUT2D eigenvalue weighted by Gasteiger charge is 2.48. The number of fused-ring (bicyclic) bond motifs is 1. The first-order chi connectivity index (χ1) is 16.9. The van der Waals surface area contributed by atoms with Gasteiger partial charge in [0.15, 0.2) is 5.52 Å². The highest BCUT2D eigenvalue weighted by molar-refractivity contribution is 5.99. The summed E-state index contributed by atoms with van der Waals surface area (Å²) in [5, 5.41) is 15.8. The van der Waals surface area contributed by atoms with E-state index in [9.17, 15) is 14.3 Å². The number of pyridine rings is 1. The summed E-state index contributed by atoms with van der Waals surface area (Å²) >= 11 is 0. The number of anilines is 2. The third kappa shape index (κ3) is 5.04.